The molecule has 1 aromatic heterocycles. The second-order valence-electron chi connectivity index (χ2n) is 4.68. The van der Waals surface area contributed by atoms with Gasteiger partial charge < -0.3 is 15.5 Å². The standard InChI is InChI=1S/C15H17N4/c16-13-6-7-17-15(12-13)19-10-8-18(9-11-19)14-4-2-1-3-5-14/h2-7,12H,8-11H2,(H2,16,17). The SMILES string of the molecule is Nc1ccnc(N2CCN(c3cc[c]cc3)CC2)c1. The number of rotatable bonds is 2. The molecule has 2 heterocycles. The number of hydrogen-bond acceptors (Lipinski definition) is 4. The zero-order valence-electron chi connectivity index (χ0n) is 10.8. The van der Waals surface area contributed by atoms with Crippen LogP contribution in [0, 0.1) is 6.07 Å². The van der Waals surface area contributed by atoms with Crippen LogP contribution in [0.25, 0.3) is 0 Å². The van der Waals surface area contributed by atoms with Gasteiger partial charge in [0.15, 0.2) is 0 Å². The average molecular weight is 253 g/mol. The lowest BCUT2D eigenvalue weighted by atomic mass is 10.2. The quantitative estimate of drug-likeness (QED) is 0.886. The fourth-order valence-corrected chi connectivity index (χ4v) is 2.39. The molecule has 0 saturated carbocycles. The number of nitrogens with zero attached hydrogens (tertiary/aromatic N) is 3. The molecule has 0 aliphatic carbocycles. The maximum absolute atomic E-state index is 5.80. The third kappa shape index (κ3) is 2.62. The summed E-state index contributed by atoms with van der Waals surface area (Å²) in [6.45, 7) is 3.94. The lowest BCUT2D eigenvalue weighted by Crippen LogP contribution is -2.46. The Bertz CT molecular complexity index is 533. The van der Waals surface area contributed by atoms with E-state index in [-0.39, 0.29) is 0 Å². The van der Waals surface area contributed by atoms with Crippen LogP contribution in [0.2, 0.25) is 0 Å². The van der Waals surface area contributed by atoms with Crippen molar-refractivity contribution in [1.29, 1.82) is 0 Å². The van der Waals surface area contributed by atoms with Gasteiger partial charge in [-0.25, -0.2) is 4.98 Å². The van der Waals surface area contributed by atoms with E-state index in [2.05, 4.69) is 33.0 Å². The summed E-state index contributed by atoms with van der Waals surface area (Å²) in [5.74, 6) is 0.973. The highest BCUT2D eigenvalue weighted by atomic mass is 15.3. The van der Waals surface area contributed by atoms with Crippen LogP contribution in [0.3, 0.4) is 0 Å². The van der Waals surface area contributed by atoms with Crippen molar-refractivity contribution >= 4 is 17.2 Å². The minimum absolute atomic E-state index is 0.769. The molecule has 1 aliphatic heterocycles. The first-order chi connectivity index (χ1) is 9.33. The van der Waals surface area contributed by atoms with Crippen molar-refractivity contribution in [3.05, 3.63) is 48.7 Å². The fourth-order valence-electron chi connectivity index (χ4n) is 2.39. The van der Waals surface area contributed by atoms with Crippen LogP contribution < -0.4 is 15.5 Å². The second-order valence-corrected chi connectivity index (χ2v) is 4.68. The molecule has 2 N–H and O–H groups in total. The van der Waals surface area contributed by atoms with Gasteiger partial charge >= 0.3 is 0 Å². The number of benzene rings is 1. The van der Waals surface area contributed by atoms with Gasteiger partial charge in [0.1, 0.15) is 5.82 Å². The predicted octanol–water partition coefficient (Wildman–Crippen LogP) is 1.79. The zero-order chi connectivity index (χ0) is 13.1. The summed E-state index contributed by atoms with van der Waals surface area (Å²) in [6.07, 6.45) is 1.77. The van der Waals surface area contributed by atoms with Crippen molar-refractivity contribution in [3.8, 4) is 0 Å². The van der Waals surface area contributed by atoms with Crippen LogP contribution in [0.15, 0.2) is 42.6 Å². The van der Waals surface area contributed by atoms with Crippen molar-refractivity contribution in [1.82, 2.24) is 4.98 Å². The lowest BCUT2D eigenvalue weighted by molar-refractivity contribution is 0.647. The zero-order valence-corrected chi connectivity index (χ0v) is 10.8. The first-order valence-corrected chi connectivity index (χ1v) is 6.50. The van der Waals surface area contributed by atoms with Crippen molar-refractivity contribution in [2.75, 3.05) is 41.7 Å². The van der Waals surface area contributed by atoms with E-state index in [4.69, 9.17) is 5.73 Å². The van der Waals surface area contributed by atoms with E-state index in [0.717, 1.165) is 37.7 Å². The van der Waals surface area contributed by atoms with Gasteiger partial charge in [0.05, 0.1) is 0 Å². The van der Waals surface area contributed by atoms with Crippen LogP contribution in [0.4, 0.5) is 17.2 Å². The number of pyridine rings is 1. The Balaban J connectivity index is 1.67. The van der Waals surface area contributed by atoms with Crippen LogP contribution in [0.5, 0.6) is 0 Å². The first-order valence-electron chi connectivity index (χ1n) is 6.50. The van der Waals surface area contributed by atoms with Crippen molar-refractivity contribution in [3.63, 3.8) is 0 Å². The molecule has 0 bridgehead atoms. The number of hydrogen-bond donors (Lipinski definition) is 1. The van der Waals surface area contributed by atoms with Crippen molar-refractivity contribution in [2.24, 2.45) is 0 Å². The molecular formula is C15H17N4. The Morgan fingerprint density at radius 1 is 1.00 bits per heavy atom. The van der Waals surface area contributed by atoms with E-state index in [0.29, 0.717) is 0 Å². The van der Waals surface area contributed by atoms with Gasteiger partial charge in [0.25, 0.3) is 0 Å². The monoisotopic (exact) mass is 253 g/mol. The Morgan fingerprint density at radius 3 is 2.37 bits per heavy atom. The van der Waals surface area contributed by atoms with E-state index in [9.17, 15) is 0 Å². The molecule has 19 heavy (non-hydrogen) atoms. The summed E-state index contributed by atoms with van der Waals surface area (Å²) in [7, 11) is 0. The molecule has 1 fully saturated rings. The van der Waals surface area contributed by atoms with Gasteiger partial charge in [-0.05, 0) is 24.3 Å². The molecule has 3 rings (SSSR count). The Labute approximate surface area is 113 Å². The molecule has 1 aliphatic rings. The second kappa shape index (κ2) is 5.18. The summed E-state index contributed by atoms with van der Waals surface area (Å²) in [4.78, 5) is 9.05. The minimum Gasteiger partial charge on any atom is -0.399 e. The topological polar surface area (TPSA) is 45.4 Å². The van der Waals surface area contributed by atoms with Gasteiger partial charge in [-0.2, -0.15) is 0 Å². The molecule has 2 aromatic rings. The van der Waals surface area contributed by atoms with Gasteiger partial charge in [-0.15, -0.1) is 0 Å². The number of nitrogens with two attached hydrogens (primary N) is 1. The van der Waals surface area contributed by atoms with Gasteiger partial charge in [-0.3, -0.25) is 0 Å². The predicted molar refractivity (Wildman–Crippen MR) is 78.4 cm³/mol. The summed E-state index contributed by atoms with van der Waals surface area (Å²) < 4.78 is 0. The molecule has 1 aromatic carbocycles. The molecule has 0 unspecified atom stereocenters. The molecule has 4 heteroatoms. The smallest absolute Gasteiger partial charge is 0.130 e. The number of piperazine rings is 1. The molecule has 0 amide bonds. The molecular weight excluding hydrogens is 236 g/mol. The molecule has 0 spiro atoms. The van der Waals surface area contributed by atoms with Gasteiger partial charge in [0, 0.05) is 49.8 Å². The molecule has 1 radical (unpaired) electrons. The summed E-state index contributed by atoms with van der Waals surface area (Å²) in [6, 6.07) is 14.9. The summed E-state index contributed by atoms with van der Waals surface area (Å²) in [5.41, 5.74) is 7.84. The Hall–Kier alpha value is -2.23. The highest BCUT2D eigenvalue weighted by molar-refractivity contribution is 5.53. The number of nitrogen functional groups attached to an aromatic ring is 1. The van der Waals surface area contributed by atoms with E-state index in [1.807, 2.05) is 24.3 Å². The summed E-state index contributed by atoms with van der Waals surface area (Å²) >= 11 is 0. The van der Waals surface area contributed by atoms with E-state index >= 15 is 0 Å². The molecule has 4 nitrogen and oxygen atoms in total. The number of aromatic nitrogens is 1. The third-order valence-corrected chi connectivity index (χ3v) is 3.44. The normalized spacial score (nSPS) is 15.6. The number of anilines is 3. The lowest BCUT2D eigenvalue weighted by Gasteiger charge is -2.36. The average Bonchev–Trinajstić information content (AvgIpc) is 2.48. The van der Waals surface area contributed by atoms with Crippen molar-refractivity contribution < 1.29 is 0 Å². The van der Waals surface area contributed by atoms with Crippen LogP contribution >= 0.6 is 0 Å². The third-order valence-electron chi connectivity index (χ3n) is 3.44. The fraction of sp³-hybridized carbons (Fsp3) is 0.267. The summed E-state index contributed by atoms with van der Waals surface area (Å²) in [5, 5.41) is 0. The van der Waals surface area contributed by atoms with Crippen LogP contribution in [-0.4, -0.2) is 31.2 Å². The van der Waals surface area contributed by atoms with Crippen molar-refractivity contribution in [2.45, 2.75) is 0 Å². The maximum atomic E-state index is 5.80. The van der Waals surface area contributed by atoms with Gasteiger partial charge in [0.2, 0.25) is 0 Å². The molecule has 1 saturated heterocycles. The highest BCUT2D eigenvalue weighted by Gasteiger charge is 2.18. The van der Waals surface area contributed by atoms with Crippen LogP contribution in [0.1, 0.15) is 0 Å². The van der Waals surface area contributed by atoms with E-state index in [1.165, 1.54) is 5.69 Å². The van der Waals surface area contributed by atoms with Crippen LogP contribution in [-0.2, 0) is 0 Å². The first kappa shape index (κ1) is 11.8. The largest absolute Gasteiger partial charge is 0.399 e. The molecule has 0 atom stereocenters. The highest BCUT2D eigenvalue weighted by Crippen LogP contribution is 2.19. The Kier molecular flexibility index (Phi) is 3.23. The van der Waals surface area contributed by atoms with E-state index < -0.39 is 0 Å². The minimum atomic E-state index is 0.769. The Morgan fingerprint density at radius 2 is 1.68 bits per heavy atom. The van der Waals surface area contributed by atoms with Gasteiger partial charge in [-0.1, -0.05) is 12.1 Å². The molecule has 97 valence electrons. The maximum Gasteiger partial charge on any atom is 0.130 e. The van der Waals surface area contributed by atoms with E-state index in [1.54, 1.807) is 6.20 Å².